The normalized spacial score (nSPS) is 19.9. The van der Waals surface area contributed by atoms with Gasteiger partial charge >= 0.3 is 0 Å². The van der Waals surface area contributed by atoms with Gasteiger partial charge in [0.25, 0.3) is 0 Å². The van der Waals surface area contributed by atoms with Crippen LogP contribution >= 0.6 is 0 Å². The number of nitrogens with two attached hydrogens (primary N) is 1. The van der Waals surface area contributed by atoms with Gasteiger partial charge in [0, 0.05) is 19.1 Å². The molecule has 2 N–H and O–H groups in total. The van der Waals surface area contributed by atoms with Crippen LogP contribution in [0.2, 0.25) is 0 Å². The summed E-state index contributed by atoms with van der Waals surface area (Å²) in [5.41, 5.74) is 5.93. The third kappa shape index (κ3) is 2.59. The summed E-state index contributed by atoms with van der Waals surface area (Å²) < 4.78 is 10.5. The van der Waals surface area contributed by atoms with Crippen LogP contribution in [0.5, 0.6) is 0 Å². The average molecular weight is 225 g/mol. The first-order chi connectivity index (χ1) is 7.81. The van der Waals surface area contributed by atoms with Gasteiger partial charge in [0.2, 0.25) is 5.89 Å². The molecule has 0 saturated carbocycles. The number of hydrogen-bond donors (Lipinski definition) is 1. The fraction of sp³-hybridized carbons (Fsp3) is 0.818. The fourth-order valence-electron chi connectivity index (χ4n) is 1.95. The van der Waals surface area contributed by atoms with Gasteiger partial charge in [-0.2, -0.15) is 4.98 Å². The lowest BCUT2D eigenvalue weighted by Crippen LogP contribution is -2.15. The Bertz CT molecular complexity index is 321. The van der Waals surface area contributed by atoms with Crippen molar-refractivity contribution in [1.29, 1.82) is 0 Å². The van der Waals surface area contributed by atoms with Crippen molar-refractivity contribution in [3.63, 3.8) is 0 Å². The van der Waals surface area contributed by atoms with Crippen LogP contribution in [-0.2, 0) is 4.74 Å². The molecule has 90 valence electrons. The van der Waals surface area contributed by atoms with E-state index in [9.17, 15) is 0 Å². The molecule has 16 heavy (non-hydrogen) atoms. The molecule has 5 heteroatoms. The van der Waals surface area contributed by atoms with Gasteiger partial charge in [0.15, 0.2) is 5.82 Å². The zero-order valence-corrected chi connectivity index (χ0v) is 9.69. The van der Waals surface area contributed by atoms with Gasteiger partial charge in [0.05, 0.1) is 6.04 Å². The SMILES string of the molecule is CCC[C@H](N)c1nc(C2CCOCC2)no1. The van der Waals surface area contributed by atoms with Crippen molar-refractivity contribution in [2.24, 2.45) is 5.73 Å². The molecule has 1 fully saturated rings. The zero-order chi connectivity index (χ0) is 11.4. The van der Waals surface area contributed by atoms with Gasteiger partial charge in [-0.1, -0.05) is 18.5 Å². The molecule has 0 bridgehead atoms. The van der Waals surface area contributed by atoms with Crippen molar-refractivity contribution in [2.75, 3.05) is 13.2 Å². The first-order valence-corrected chi connectivity index (χ1v) is 5.98. The van der Waals surface area contributed by atoms with E-state index in [1.54, 1.807) is 0 Å². The topological polar surface area (TPSA) is 74.2 Å². The lowest BCUT2D eigenvalue weighted by atomic mass is 10.00. The first-order valence-electron chi connectivity index (χ1n) is 5.98. The molecule has 0 unspecified atom stereocenters. The Labute approximate surface area is 95.3 Å². The highest BCUT2D eigenvalue weighted by molar-refractivity contribution is 4.98. The Morgan fingerprint density at radius 3 is 2.88 bits per heavy atom. The molecule has 2 rings (SSSR count). The van der Waals surface area contributed by atoms with Crippen molar-refractivity contribution in [3.05, 3.63) is 11.7 Å². The molecule has 0 spiro atoms. The summed E-state index contributed by atoms with van der Waals surface area (Å²) >= 11 is 0. The standard InChI is InChI=1S/C11H19N3O2/c1-2-3-9(12)11-13-10(14-16-11)8-4-6-15-7-5-8/h8-9H,2-7,12H2,1H3/t9-/m0/s1. The Morgan fingerprint density at radius 2 is 2.19 bits per heavy atom. The average Bonchev–Trinajstić information content (AvgIpc) is 2.80. The lowest BCUT2D eigenvalue weighted by Gasteiger charge is -2.18. The van der Waals surface area contributed by atoms with Gasteiger partial charge in [-0.05, 0) is 19.3 Å². The molecule has 1 aliphatic heterocycles. The van der Waals surface area contributed by atoms with E-state index in [0.29, 0.717) is 11.8 Å². The number of aromatic nitrogens is 2. The van der Waals surface area contributed by atoms with Crippen LogP contribution in [0.15, 0.2) is 4.52 Å². The summed E-state index contributed by atoms with van der Waals surface area (Å²) in [6, 6.07) is -0.119. The predicted octanol–water partition coefficient (Wildman–Crippen LogP) is 1.76. The maximum absolute atomic E-state index is 5.93. The van der Waals surface area contributed by atoms with Crippen LogP contribution < -0.4 is 5.73 Å². The van der Waals surface area contributed by atoms with E-state index in [-0.39, 0.29) is 6.04 Å². The third-order valence-corrected chi connectivity index (χ3v) is 2.96. The maximum Gasteiger partial charge on any atom is 0.243 e. The van der Waals surface area contributed by atoms with E-state index in [4.69, 9.17) is 15.0 Å². The van der Waals surface area contributed by atoms with E-state index in [0.717, 1.165) is 44.7 Å². The summed E-state index contributed by atoms with van der Waals surface area (Å²) in [5, 5.41) is 4.02. The molecule has 5 nitrogen and oxygen atoms in total. The van der Waals surface area contributed by atoms with Crippen LogP contribution in [-0.4, -0.2) is 23.4 Å². The second kappa shape index (κ2) is 5.41. The molecule has 0 aliphatic carbocycles. The van der Waals surface area contributed by atoms with Crippen LogP contribution in [0.25, 0.3) is 0 Å². The van der Waals surface area contributed by atoms with Crippen LogP contribution in [0, 0.1) is 0 Å². The Morgan fingerprint density at radius 1 is 1.44 bits per heavy atom. The smallest absolute Gasteiger partial charge is 0.243 e. The lowest BCUT2D eigenvalue weighted by molar-refractivity contribution is 0.0830. The Hall–Kier alpha value is -0.940. The van der Waals surface area contributed by atoms with Crippen LogP contribution in [0.1, 0.15) is 56.3 Å². The first kappa shape index (κ1) is 11.5. The predicted molar refractivity (Wildman–Crippen MR) is 58.9 cm³/mol. The minimum Gasteiger partial charge on any atom is -0.381 e. The van der Waals surface area contributed by atoms with Crippen molar-refractivity contribution in [3.8, 4) is 0 Å². The monoisotopic (exact) mass is 225 g/mol. The van der Waals surface area contributed by atoms with Gasteiger partial charge in [-0.3, -0.25) is 0 Å². The van der Waals surface area contributed by atoms with Crippen LogP contribution in [0.4, 0.5) is 0 Å². The molecule has 0 radical (unpaired) electrons. The Balaban J connectivity index is 2.00. The van der Waals surface area contributed by atoms with Gasteiger partial charge < -0.3 is 15.0 Å². The van der Waals surface area contributed by atoms with Crippen molar-refractivity contribution in [1.82, 2.24) is 10.1 Å². The van der Waals surface area contributed by atoms with Gasteiger partial charge in [0.1, 0.15) is 0 Å². The summed E-state index contributed by atoms with van der Waals surface area (Å²) in [5.74, 6) is 1.74. The molecule has 1 aromatic rings. The summed E-state index contributed by atoms with van der Waals surface area (Å²) in [6.45, 7) is 3.67. The highest BCUT2D eigenvalue weighted by atomic mass is 16.5. The molecular formula is C11H19N3O2. The largest absolute Gasteiger partial charge is 0.381 e. The highest BCUT2D eigenvalue weighted by Gasteiger charge is 2.22. The summed E-state index contributed by atoms with van der Waals surface area (Å²) in [6.07, 6.45) is 3.86. The van der Waals surface area contributed by atoms with E-state index >= 15 is 0 Å². The second-order valence-corrected chi connectivity index (χ2v) is 4.27. The van der Waals surface area contributed by atoms with Crippen molar-refractivity contribution >= 4 is 0 Å². The second-order valence-electron chi connectivity index (χ2n) is 4.27. The van der Waals surface area contributed by atoms with Crippen molar-refractivity contribution in [2.45, 2.75) is 44.6 Å². The van der Waals surface area contributed by atoms with E-state index in [2.05, 4.69) is 17.1 Å². The molecule has 1 atom stereocenters. The fourth-order valence-corrected chi connectivity index (χ4v) is 1.95. The van der Waals surface area contributed by atoms with E-state index in [1.807, 2.05) is 0 Å². The third-order valence-electron chi connectivity index (χ3n) is 2.96. The zero-order valence-electron chi connectivity index (χ0n) is 9.69. The highest BCUT2D eigenvalue weighted by Crippen LogP contribution is 2.25. The van der Waals surface area contributed by atoms with Gasteiger partial charge in [-0.25, -0.2) is 0 Å². The molecular weight excluding hydrogens is 206 g/mol. The maximum atomic E-state index is 5.93. The molecule has 0 aromatic carbocycles. The minimum atomic E-state index is -0.119. The number of nitrogens with zero attached hydrogens (tertiary/aromatic N) is 2. The van der Waals surface area contributed by atoms with Crippen molar-refractivity contribution < 1.29 is 9.26 Å². The number of hydrogen-bond acceptors (Lipinski definition) is 5. The molecule has 0 amide bonds. The van der Waals surface area contributed by atoms with E-state index < -0.39 is 0 Å². The Kier molecular flexibility index (Phi) is 3.90. The number of ether oxygens (including phenoxy) is 1. The quantitative estimate of drug-likeness (QED) is 0.845. The minimum absolute atomic E-state index is 0.119. The molecule has 1 saturated heterocycles. The van der Waals surface area contributed by atoms with Crippen LogP contribution in [0.3, 0.4) is 0 Å². The van der Waals surface area contributed by atoms with E-state index in [1.165, 1.54) is 0 Å². The molecule has 1 aliphatic rings. The summed E-state index contributed by atoms with van der Waals surface area (Å²) in [4.78, 5) is 4.39. The van der Waals surface area contributed by atoms with Gasteiger partial charge in [-0.15, -0.1) is 0 Å². The number of rotatable bonds is 4. The molecule has 2 heterocycles. The molecule has 1 aromatic heterocycles. The summed E-state index contributed by atoms with van der Waals surface area (Å²) in [7, 11) is 0.